The molecule has 0 bridgehead atoms. The summed E-state index contributed by atoms with van der Waals surface area (Å²) in [6.07, 6.45) is 1.62. The number of pyridine rings is 1. The van der Waals surface area contributed by atoms with Crippen molar-refractivity contribution < 1.29 is 8.78 Å². The maximum Gasteiger partial charge on any atom is 0.182 e. The molecule has 3 N–H and O–H groups in total. The molecule has 98 valence electrons. The molecule has 2 rings (SSSR count). The summed E-state index contributed by atoms with van der Waals surface area (Å²) in [6, 6.07) is 6.16. The van der Waals surface area contributed by atoms with Crippen molar-refractivity contribution in [2.75, 3.05) is 5.32 Å². The van der Waals surface area contributed by atoms with Crippen LogP contribution in [0.1, 0.15) is 11.3 Å². The summed E-state index contributed by atoms with van der Waals surface area (Å²) in [4.78, 5) is 3.87. The summed E-state index contributed by atoms with van der Waals surface area (Å²) in [5, 5.41) is 2.79. The summed E-state index contributed by atoms with van der Waals surface area (Å²) < 4.78 is 27.6. The molecule has 0 aliphatic rings. The molecule has 0 unspecified atom stereocenters. The molecule has 0 spiro atoms. The van der Waals surface area contributed by atoms with Gasteiger partial charge in [-0.25, -0.2) is 8.78 Å². The Hall–Kier alpha value is -2.08. The van der Waals surface area contributed by atoms with Gasteiger partial charge in [0.15, 0.2) is 11.6 Å². The molecule has 0 saturated carbocycles. The predicted molar refractivity (Wildman–Crippen MR) is 74.5 cm³/mol. The van der Waals surface area contributed by atoms with Crippen molar-refractivity contribution in [1.29, 1.82) is 0 Å². The third-order valence-electron chi connectivity index (χ3n) is 2.62. The van der Waals surface area contributed by atoms with Crippen molar-refractivity contribution in [3.05, 3.63) is 53.4 Å². The van der Waals surface area contributed by atoms with E-state index in [2.05, 4.69) is 22.5 Å². The average molecular weight is 279 g/mol. The maximum absolute atomic E-state index is 13.9. The highest BCUT2D eigenvalue weighted by molar-refractivity contribution is 7.80. The Morgan fingerprint density at radius 2 is 1.95 bits per heavy atom. The number of hydrogen-bond acceptors (Lipinski definition) is 3. The molecule has 0 radical (unpaired) electrons. The molecule has 3 nitrogen and oxygen atoms in total. The molecule has 2 aromatic rings. The number of hydrogen-bond donors (Lipinski definition) is 2. The third-order valence-corrected chi connectivity index (χ3v) is 2.84. The first kappa shape index (κ1) is 13.4. The van der Waals surface area contributed by atoms with Crippen LogP contribution < -0.4 is 11.1 Å². The van der Waals surface area contributed by atoms with E-state index >= 15 is 0 Å². The number of rotatable bonds is 3. The molecule has 19 heavy (non-hydrogen) atoms. The normalized spacial score (nSPS) is 10.3. The molecule has 0 atom stereocenters. The first-order valence-electron chi connectivity index (χ1n) is 5.47. The van der Waals surface area contributed by atoms with Crippen LogP contribution in [0.25, 0.3) is 0 Å². The van der Waals surface area contributed by atoms with Crippen LogP contribution in [-0.4, -0.2) is 9.97 Å². The van der Waals surface area contributed by atoms with Crippen molar-refractivity contribution in [2.45, 2.75) is 6.92 Å². The lowest BCUT2D eigenvalue weighted by Crippen LogP contribution is -2.13. The molecular weight excluding hydrogens is 268 g/mol. The van der Waals surface area contributed by atoms with Gasteiger partial charge >= 0.3 is 0 Å². The Bertz CT molecular complexity index is 644. The Morgan fingerprint density at radius 1 is 1.21 bits per heavy atom. The monoisotopic (exact) mass is 279 g/mol. The molecule has 1 heterocycles. The van der Waals surface area contributed by atoms with Crippen LogP contribution >= 0.6 is 12.2 Å². The van der Waals surface area contributed by atoms with Gasteiger partial charge in [0.2, 0.25) is 0 Å². The standard InChI is InChI=1S/C13H11F2N3S/c1-7-9(3-2-6-17-7)18-10-5-4-8(13(16)19)11(14)12(10)15/h2-6,18H,1H3,(H2,16,19). The fourth-order valence-electron chi connectivity index (χ4n) is 1.60. The van der Waals surface area contributed by atoms with Gasteiger partial charge < -0.3 is 11.1 Å². The lowest BCUT2D eigenvalue weighted by atomic mass is 10.1. The van der Waals surface area contributed by atoms with E-state index < -0.39 is 11.6 Å². The lowest BCUT2D eigenvalue weighted by Gasteiger charge is -2.11. The second-order valence-corrected chi connectivity index (χ2v) is 4.35. The van der Waals surface area contributed by atoms with Crippen molar-refractivity contribution in [3.8, 4) is 0 Å². The number of nitrogens with zero attached hydrogens (tertiary/aromatic N) is 1. The maximum atomic E-state index is 13.9. The highest BCUT2D eigenvalue weighted by atomic mass is 32.1. The molecule has 0 fully saturated rings. The highest BCUT2D eigenvalue weighted by Gasteiger charge is 2.15. The van der Waals surface area contributed by atoms with Gasteiger partial charge in [-0.05, 0) is 31.2 Å². The zero-order chi connectivity index (χ0) is 14.0. The number of aryl methyl sites for hydroxylation is 1. The van der Waals surface area contributed by atoms with Crippen LogP contribution in [0.5, 0.6) is 0 Å². The minimum Gasteiger partial charge on any atom is -0.389 e. The Kier molecular flexibility index (Phi) is 3.71. The first-order chi connectivity index (χ1) is 9.00. The average Bonchev–Trinajstić information content (AvgIpc) is 2.37. The Balaban J connectivity index is 2.40. The van der Waals surface area contributed by atoms with Crippen LogP contribution in [0.15, 0.2) is 30.5 Å². The van der Waals surface area contributed by atoms with Crippen LogP contribution in [0, 0.1) is 18.6 Å². The lowest BCUT2D eigenvalue weighted by molar-refractivity contribution is 0.510. The van der Waals surface area contributed by atoms with E-state index in [1.807, 2.05) is 0 Å². The second kappa shape index (κ2) is 5.27. The first-order valence-corrected chi connectivity index (χ1v) is 5.88. The number of anilines is 2. The van der Waals surface area contributed by atoms with Gasteiger partial charge in [-0.15, -0.1) is 0 Å². The zero-order valence-corrected chi connectivity index (χ0v) is 10.9. The van der Waals surface area contributed by atoms with E-state index in [-0.39, 0.29) is 16.2 Å². The second-order valence-electron chi connectivity index (χ2n) is 3.91. The Labute approximate surface area is 114 Å². The quantitative estimate of drug-likeness (QED) is 0.848. The van der Waals surface area contributed by atoms with E-state index in [1.54, 1.807) is 25.3 Å². The summed E-state index contributed by atoms with van der Waals surface area (Å²) in [5.74, 6) is -2.08. The number of thiocarbonyl (C=S) groups is 1. The number of aromatic nitrogens is 1. The number of nitrogens with two attached hydrogens (primary N) is 1. The van der Waals surface area contributed by atoms with E-state index in [4.69, 9.17) is 5.73 Å². The molecule has 0 amide bonds. The van der Waals surface area contributed by atoms with E-state index in [0.717, 1.165) is 0 Å². The van der Waals surface area contributed by atoms with Gasteiger partial charge in [0.05, 0.1) is 17.1 Å². The number of halogens is 2. The summed E-state index contributed by atoms with van der Waals surface area (Å²) in [7, 11) is 0. The largest absolute Gasteiger partial charge is 0.389 e. The fraction of sp³-hybridized carbons (Fsp3) is 0.0769. The van der Waals surface area contributed by atoms with E-state index in [0.29, 0.717) is 11.4 Å². The fourth-order valence-corrected chi connectivity index (χ4v) is 1.76. The molecule has 1 aromatic carbocycles. The minimum atomic E-state index is -1.06. The Morgan fingerprint density at radius 3 is 2.58 bits per heavy atom. The minimum absolute atomic E-state index is 0.00796. The third kappa shape index (κ3) is 2.68. The zero-order valence-electron chi connectivity index (χ0n) is 10.1. The van der Waals surface area contributed by atoms with Crippen LogP contribution in [0.3, 0.4) is 0 Å². The van der Waals surface area contributed by atoms with Gasteiger partial charge in [-0.3, -0.25) is 4.98 Å². The van der Waals surface area contributed by atoms with Gasteiger partial charge in [-0.1, -0.05) is 12.2 Å². The topological polar surface area (TPSA) is 50.9 Å². The van der Waals surface area contributed by atoms with E-state index in [1.165, 1.54) is 12.1 Å². The van der Waals surface area contributed by atoms with Crippen LogP contribution in [0.4, 0.5) is 20.2 Å². The highest BCUT2D eigenvalue weighted by Crippen LogP contribution is 2.25. The van der Waals surface area contributed by atoms with Crippen molar-refractivity contribution in [2.24, 2.45) is 5.73 Å². The molecule has 1 aromatic heterocycles. The van der Waals surface area contributed by atoms with Gasteiger partial charge in [0.25, 0.3) is 0 Å². The van der Waals surface area contributed by atoms with Crippen molar-refractivity contribution >= 4 is 28.6 Å². The van der Waals surface area contributed by atoms with Crippen molar-refractivity contribution in [3.63, 3.8) is 0 Å². The molecular formula is C13H11F2N3S. The molecule has 0 aliphatic carbocycles. The molecule has 6 heteroatoms. The summed E-state index contributed by atoms with van der Waals surface area (Å²) in [5.41, 5.74) is 6.48. The van der Waals surface area contributed by atoms with Crippen LogP contribution in [0.2, 0.25) is 0 Å². The van der Waals surface area contributed by atoms with E-state index in [9.17, 15) is 8.78 Å². The SMILES string of the molecule is Cc1ncccc1Nc1ccc(C(N)=S)c(F)c1F. The number of nitrogens with one attached hydrogen (secondary N) is 1. The molecule has 0 saturated heterocycles. The summed E-state index contributed by atoms with van der Waals surface area (Å²) >= 11 is 4.64. The smallest absolute Gasteiger partial charge is 0.182 e. The molecule has 0 aliphatic heterocycles. The summed E-state index contributed by atoms with van der Waals surface area (Å²) in [6.45, 7) is 1.76. The van der Waals surface area contributed by atoms with Gasteiger partial charge in [0, 0.05) is 11.8 Å². The predicted octanol–water partition coefficient (Wildman–Crippen LogP) is 3.05. The van der Waals surface area contributed by atoms with Crippen LogP contribution in [-0.2, 0) is 0 Å². The van der Waals surface area contributed by atoms with Gasteiger partial charge in [0.1, 0.15) is 4.99 Å². The van der Waals surface area contributed by atoms with Gasteiger partial charge in [-0.2, -0.15) is 0 Å². The van der Waals surface area contributed by atoms with Crippen molar-refractivity contribution in [1.82, 2.24) is 4.98 Å². The number of benzene rings is 1.